The van der Waals surface area contributed by atoms with Crippen LogP contribution in [0.2, 0.25) is 0 Å². The summed E-state index contributed by atoms with van der Waals surface area (Å²) in [7, 11) is 1.77. The highest BCUT2D eigenvalue weighted by atomic mass is 16.5. The Morgan fingerprint density at radius 3 is 2.24 bits per heavy atom. The highest BCUT2D eigenvalue weighted by Crippen LogP contribution is 2.21. The SMILES string of the molecule is Cc1[nH]c(C(=O)N(C)CC(C)C)c(C)c1C(=O)OC(C)C. The summed E-state index contributed by atoms with van der Waals surface area (Å²) in [5.41, 5.74) is 2.24. The van der Waals surface area contributed by atoms with Gasteiger partial charge in [-0.15, -0.1) is 0 Å². The molecule has 1 amide bonds. The second-order valence-corrected chi connectivity index (χ2v) is 6.16. The zero-order valence-electron chi connectivity index (χ0n) is 14.0. The van der Waals surface area contributed by atoms with E-state index in [2.05, 4.69) is 18.8 Å². The van der Waals surface area contributed by atoms with E-state index >= 15 is 0 Å². The van der Waals surface area contributed by atoms with E-state index in [-0.39, 0.29) is 18.0 Å². The lowest BCUT2D eigenvalue weighted by Crippen LogP contribution is -2.31. The van der Waals surface area contributed by atoms with Crippen LogP contribution in [-0.2, 0) is 4.74 Å². The Balaban J connectivity index is 3.07. The summed E-state index contributed by atoms with van der Waals surface area (Å²) >= 11 is 0. The molecule has 0 aliphatic rings. The monoisotopic (exact) mass is 294 g/mol. The average Bonchev–Trinajstić information content (AvgIpc) is 2.61. The number of H-pyrrole nitrogens is 1. The number of ether oxygens (including phenoxy) is 1. The molecule has 1 rings (SSSR count). The number of hydrogen-bond acceptors (Lipinski definition) is 3. The summed E-state index contributed by atoms with van der Waals surface area (Å²) < 4.78 is 5.23. The van der Waals surface area contributed by atoms with Gasteiger partial charge in [-0.2, -0.15) is 0 Å². The quantitative estimate of drug-likeness (QED) is 0.849. The van der Waals surface area contributed by atoms with Gasteiger partial charge in [-0.25, -0.2) is 4.79 Å². The molecule has 0 aromatic carbocycles. The Hall–Kier alpha value is -1.78. The van der Waals surface area contributed by atoms with Gasteiger partial charge in [0.25, 0.3) is 5.91 Å². The number of esters is 1. The first-order valence-corrected chi connectivity index (χ1v) is 7.30. The van der Waals surface area contributed by atoms with Crippen LogP contribution in [0.25, 0.3) is 0 Å². The summed E-state index contributed by atoms with van der Waals surface area (Å²) in [6, 6.07) is 0. The van der Waals surface area contributed by atoms with Crippen molar-refractivity contribution in [3.05, 3.63) is 22.5 Å². The van der Waals surface area contributed by atoms with Crippen LogP contribution in [0.4, 0.5) is 0 Å². The Labute approximate surface area is 126 Å². The van der Waals surface area contributed by atoms with Crippen molar-refractivity contribution in [3.63, 3.8) is 0 Å². The second kappa shape index (κ2) is 6.78. The number of hydrogen-bond donors (Lipinski definition) is 1. The van der Waals surface area contributed by atoms with Crippen LogP contribution in [0.5, 0.6) is 0 Å². The molecule has 5 nitrogen and oxygen atoms in total. The molecule has 5 heteroatoms. The lowest BCUT2D eigenvalue weighted by Gasteiger charge is -2.19. The van der Waals surface area contributed by atoms with Gasteiger partial charge in [0.15, 0.2) is 0 Å². The fourth-order valence-electron chi connectivity index (χ4n) is 2.36. The molecule has 0 aliphatic carbocycles. The molecule has 0 saturated heterocycles. The fraction of sp³-hybridized carbons (Fsp3) is 0.625. The lowest BCUT2D eigenvalue weighted by molar-refractivity contribution is 0.0376. The van der Waals surface area contributed by atoms with Crippen LogP contribution in [0, 0.1) is 19.8 Å². The minimum absolute atomic E-state index is 0.104. The average molecular weight is 294 g/mol. The Morgan fingerprint density at radius 2 is 1.76 bits per heavy atom. The molecule has 118 valence electrons. The third-order valence-electron chi connectivity index (χ3n) is 3.18. The Morgan fingerprint density at radius 1 is 1.19 bits per heavy atom. The number of rotatable bonds is 5. The largest absolute Gasteiger partial charge is 0.459 e. The molecular formula is C16H26N2O3. The molecular weight excluding hydrogens is 268 g/mol. The van der Waals surface area contributed by atoms with Crippen molar-refractivity contribution in [2.45, 2.75) is 47.6 Å². The van der Waals surface area contributed by atoms with Crippen LogP contribution in [0.15, 0.2) is 0 Å². The topological polar surface area (TPSA) is 62.4 Å². The first-order valence-electron chi connectivity index (χ1n) is 7.30. The molecule has 1 aromatic heterocycles. The number of nitrogens with one attached hydrogen (secondary N) is 1. The first kappa shape index (κ1) is 17.3. The first-order chi connectivity index (χ1) is 9.65. The van der Waals surface area contributed by atoms with Crippen LogP contribution in [0.3, 0.4) is 0 Å². The molecule has 0 fully saturated rings. The third-order valence-corrected chi connectivity index (χ3v) is 3.18. The number of amides is 1. The van der Waals surface area contributed by atoms with Gasteiger partial charge < -0.3 is 14.6 Å². The summed E-state index contributed by atoms with van der Waals surface area (Å²) in [5, 5.41) is 0. The smallest absolute Gasteiger partial charge is 0.340 e. The van der Waals surface area contributed by atoms with E-state index in [0.29, 0.717) is 35.0 Å². The molecule has 0 atom stereocenters. The summed E-state index contributed by atoms with van der Waals surface area (Å²) in [6.07, 6.45) is -0.186. The molecule has 0 aliphatic heterocycles. The Kier molecular flexibility index (Phi) is 5.58. The number of carbonyl (C=O) groups is 2. The summed E-state index contributed by atoms with van der Waals surface area (Å²) in [6.45, 7) is 11.9. The number of nitrogens with zero attached hydrogens (tertiary/aromatic N) is 1. The maximum absolute atomic E-state index is 12.5. The standard InChI is InChI=1S/C16H26N2O3/c1-9(2)8-18(7)15(19)14-11(5)13(12(6)17-14)16(20)21-10(3)4/h9-10,17H,8H2,1-7H3. The van der Waals surface area contributed by atoms with Gasteiger partial charge in [-0.05, 0) is 39.2 Å². The molecule has 0 bridgehead atoms. The molecule has 0 spiro atoms. The minimum atomic E-state index is -0.387. The second-order valence-electron chi connectivity index (χ2n) is 6.16. The Bertz CT molecular complexity index is 530. The van der Waals surface area contributed by atoms with E-state index in [1.807, 2.05) is 0 Å². The lowest BCUT2D eigenvalue weighted by atomic mass is 10.1. The van der Waals surface area contributed by atoms with Gasteiger partial charge in [0.2, 0.25) is 0 Å². The van der Waals surface area contributed by atoms with E-state index in [4.69, 9.17) is 4.74 Å². The van der Waals surface area contributed by atoms with Gasteiger partial charge in [0, 0.05) is 19.3 Å². The van der Waals surface area contributed by atoms with Crippen molar-refractivity contribution < 1.29 is 14.3 Å². The molecule has 0 unspecified atom stereocenters. The van der Waals surface area contributed by atoms with Gasteiger partial charge in [-0.3, -0.25) is 4.79 Å². The number of carbonyl (C=O) groups excluding carboxylic acids is 2. The third kappa shape index (κ3) is 4.09. The van der Waals surface area contributed by atoms with Crippen molar-refractivity contribution in [3.8, 4) is 0 Å². The fourth-order valence-corrected chi connectivity index (χ4v) is 2.36. The van der Waals surface area contributed by atoms with Gasteiger partial charge >= 0.3 is 5.97 Å². The predicted octanol–water partition coefficient (Wildman–Crippen LogP) is 2.92. The zero-order valence-corrected chi connectivity index (χ0v) is 14.0. The van der Waals surface area contributed by atoms with E-state index in [9.17, 15) is 9.59 Å². The molecule has 0 radical (unpaired) electrons. The highest BCUT2D eigenvalue weighted by Gasteiger charge is 2.25. The zero-order chi connectivity index (χ0) is 16.3. The number of aromatic amines is 1. The van der Waals surface area contributed by atoms with Crippen molar-refractivity contribution in [1.29, 1.82) is 0 Å². The summed E-state index contributed by atoms with van der Waals surface area (Å²) in [4.78, 5) is 29.3. The van der Waals surface area contributed by atoms with Crippen molar-refractivity contribution in [2.24, 2.45) is 5.92 Å². The van der Waals surface area contributed by atoms with Crippen molar-refractivity contribution >= 4 is 11.9 Å². The number of aryl methyl sites for hydroxylation is 1. The van der Waals surface area contributed by atoms with Crippen LogP contribution in [0.1, 0.15) is 59.8 Å². The maximum Gasteiger partial charge on any atom is 0.340 e. The molecule has 21 heavy (non-hydrogen) atoms. The minimum Gasteiger partial charge on any atom is -0.459 e. The van der Waals surface area contributed by atoms with E-state index in [1.54, 1.807) is 39.6 Å². The predicted molar refractivity (Wildman–Crippen MR) is 82.6 cm³/mol. The van der Waals surface area contributed by atoms with E-state index in [1.165, 1.54) is 0 Å². The number of aromatic nitrogens is 1. The maximum atomic E-state index is 12.5. The summed E-state index contributed by atoms with van der Waals surface area (Å²) in [5.74, 6) is -0.101. The van der Waals surface area contributed by atoms with Crippen molar-refractivity contribution in [1.82, 2.24) is 9.88 Å². The van der Waals surface area contributed by atoms with Crippen LogP contribution < -0.4 is 0 Å². The molecule has 0 saturated carbocycles. The highest BCUT2D eigenvalue weighted by molar-refractivity contribution is 6.00. The van der Waals surface area contributed by atoms with Crippen molar-refractivity contribution in [2.75, 3.05) is 13.6 Å². The normalized spacial score (nSPS) is 11.1. The van der Waals surface area contributed by atoms with Gasteiger partial charge in [-0.1, -0.05) is 13.8 Å². The van der Waals surface area contributed by atoms with Gasteiger partial charge in [0.05, 0.1) is 11.7 Å². The van der Waals surface area contributed by atoms with Gasteiger partial charge in [0.1, 0.15) is 5.69 Å². The van der Waals surface area contributed by atoms with E-state index < -0.39 is 0 Å². The molecule has 1 N–H and O–H groups in total. The van der Waals surface area contributed by atoms with E-state index in [0.717, 1.165) is 0 Å². The van der Waals surface area contributed by atoms with Crippen LogP contribution >= 0.6 is 0 Å². The molecule has 1 aromatic rings. The molecule has 1 heterocycles. The van der Waals surface area contributed by atoms with Crippen LogP contribution in [-0.4, -0.2) is 41.5 Å².